The molecule has 24 heavy (non-hydrogen) atoms. The lowest BCUT2D eigenvalue weighted by Gasteiger charge is -2.07. The Morgan fingerprint density at radius 3 is 2.71 bits per heavy atom. The van der Waals surface area contributed by atoms with Crippen molar-refractivity contribution in [1.82, 2.24) is 5.43 Å². The average Bonchev–Trinajstić information content (AvgIpc) is 2.57. The molecule has 2 rings (SSSR count). The monoisotopic (exact) mass is 394 g/mol. The minimum absolute atomic E-state index is 0.222. The van der Waals surface area contributed by atoms with E-state index >= 15 is 0 Å². The molecular weight excluding hydrogens is 379 g/mol. The van der Waals surface area contributed by atoms with Crippen LogP contribution in [0.5, 0.6) is 11.5 Å². The van der Waals surface area contributed by atoms with Crippen LogP contribution in [-0.2, 0) is 4.79 Å². The second-order valence-corrected chi connectivity index (χ2v) is 5.57. The quantitative estimate of drug-likeness (QED) is 0.577. The molecule has 1 amide bonds. The lowest BCUT2D eigenvalue weighted by atomic mass is 10.2. The zero-order chi connectivity index (χ0) is 17.4. The molecular formula is C17H16BrFN2O3. The number of carbonyl (C=O) groups is 1. The molecule has 1 N–H and O–H groups in total. The van der Waals surface area contributed by atoms with Crippen molar-refractivity contribution >= 4 is 28.1 Å². The van der Waals surface area contributed by atoms with E-state index in [0.29, 0.717) is 18.1 Å². The SMILES string of the molecule is CCOc1ccc(Br)cc1C=NNC(=O)COc1ccc(F)cc1. The van der Waals surface area contributed by atoms with E-state index in [4.69, 9.17) is 9.47 Å². The van der Waals surface area contributed by atoms with Crippen LogP contribution in [0.4, 0.5) is 4.39 Å². The van der Waals surface area contributed by atoms with Gasteiger partial charge < -0.3 is 9.47 Å². The predicted octanol–water partition coefficient (Wildman–Crippen LogP) is 3.52. The maximum absolute atomic E-state index is 12.8. The first kappa shape index (κ1) is 17.9. The Bertz CT molecular complexity index is 720. The first-order valence-electron chi connectivity index (χ1n) is 7.21. The Kier molecular flexibility index (Phi) is 6.74. The zero-order valence-corrected chi connectivity index (χ0v) is 14.5. The van der Waals surface area contributed by atoms with Crippen LogP contribution in [0.2, 0.25) is 0 Å². The number of nitrogens with one attached hydrogen (secondary N) is 1. The topological polar surface area (TPSA) is 59.9 Å². The Morgan fingerprint density at radius 1 is 1.25 bits per heavy atom. The molecule has 7 heteroatoms. The molecule has 5 nitrogen and oxygen atoms in total. The summed E-state index contributed by atoms with van der Waals surface area (Å²) in [6.45, 7) is 2.19. The van der Waals surface area contributed by atoms with Gasteiger partial charge in [0.25, 0.3) is 5.91 Å². The first-order chi connectivity index (χ1) is 11.6. The van der Waals surface area contributed by atoms with Crippen molar-refractivity contribution in [1.29, 1.82) is 0 Å². The van der Waals surface area contributed by atoms with Crippen LogP contribution >= 0.6 is 15.9 Å². The van der Waals surface area contributed by atoms with E-state index in [1.165, 1.54) is 30.5 Å². The van der Waals surface area contributed by atoms with Crippen molar-refractivity contribution in [3.8, 4) is 11.5 Å². The van der Waals surface area contributed by atoms with Crippen LogP contribution < -0.4 is 14.9 Å². The summed E-state index contributed by atoms with van der Waals surface area (Å²) in [5.74, 6) is 0.279. The minimum Gasteiger partial charge on any atom is -0.493 e. The van der Waals surface area contributed by atoms with Crippen LogP contribution in [-0.4, -0.2) is 25.3 Å². The number of hydrazone groups is 1. The fourth-order valence-corrected chi connectivity index (χ4v) is 2.17. The van der Waals surface area contributed by atoms with E-state index in [-0.39, 0.29) is 12.4 Å². The average molecular weight is 395 g/mol. The Hall–Kier alpha value is -2.41. The molecule has 0 aliphatic heterocycles. The number of amides is 1. The number of carbonyl (C=O) groups excluding carboxylic acids is 1. The molecule has 0 bridgehead atoms. The van der Waals surface area contributed by atoms with Gasteiger partial charge in [0.1, 0.15) is 17.3 Å². The van der Waals surface area contributed by atoms with Crippen molar-refractivity contribution in [3.63, 3.8) is 0 Å². The van der Waals surface area contributed by atoms with Gasteiger partial charge in [-0.05, 0) is 49.4 Å². The molecule has 0 unspecified atom stereocenters. The molecule has 0 atom stereocenters. The molecule has 0 aromatic heterocycles. The standard InChI is InChI=1S/C17H16BrFN2O3/c1-2-23-16-8-3-13(18)9-12(16)10-20-21-17(22)11-24-15-6-4-14(19)5-7-15/h3-10H,2,11H2,1H3,(H,21,22). The van der Waals surface area contributed by atoms with Gasteiger partial charge in [0.05, 0.1) is 12.8 Å². The maximum Gasteiger partial charge on any atom is 0.277 e. The van der Waals surface area contributed by atoms with Gasteiger partial charge in [-0.3, -0.25) is 4.79 Å². The fourth-order valence-electron chi connectivity index (χ4n) is 1.79. The van der Waals surface area contributed by atoms with Gasteiger partial charge in [-0.1, -0.05) is 15.9 Å². The van der Waals surface area contributed by atoms with E-state index < -0.39 is 5.91 Å². The summed E-state index contributed by atoms with van der Waals surface area (Å²) in [4.78, 5) is 11.7. The van der Waals surface area contributed by atoms with Gasteiger partial charge in [0, 0.05) is 10.0 Å². The summed E-state index contributed by atoms with van der Waals surface area (Å²) >= 11 is 3.37. The molecule has 0 aliphatic carbocycles. The van der Waals surface area contributed by atoms with Crippen molar-refractivity contribution in [2.45, 2.75) is 6.92 Å². The fraction of sp³-hybridized carbons (Fsp3) is 0.176. The predicted molar refractivity (Wildman–Crippen MR) is 92.9 cm³/mol. The molecule has 0 saturated carbocycles. The second-order valence-electron chi connectivity index (χ2n) is 4.65. The van der Waals surface area contributed by atoms with Crippen molar-refractivity contribution in [2.24, 2.45) is 5.10 Å². The molecule has 0 saturated heterocycles. The summed E-state index contributed by atoms with van der Waals surface area (Å²) in [5.41, 5.74) is 3.09. The van der Waals surface area contributed by atoms with Crippen LogP contribution in [0.3, 0.4) is 0 Å². The highest BCUT2D eigenvalue weighted by Crippen LogP contribution is 2.21. The highest BCUT2D eigenvalue weighted by atomic mass is 79.9. The summed E-state index contributed by atoms with van der Waals surface area (Å²) in [6.07, 6.45) is 1.49. The molecule has 0 radical (unpaired) electrons. The van der Waals surface area contributed by atoms with E-state index in [1.807, 2.05) is 25.1 Å². The van der Waals surface area contributed by atoms with E-state index in [1.54, 1.807) is 0 Å². The number of benzene rings is 2. The van der Waals surface area contributed by atoms with E-state index in [0.717, 1.165) is 10.0 Å². The highest BCUT2D eigenvalue weighted by Gasteiger charge is 2.04. The molecule has 0 heterocycles. The Morgan fingerprint density at radius 2 is 2.00 bits per heavy atom. The number of halogens is 2. The Balaban J connectivity index is 1.88. The summed E-state index contributed by atoms with van der Waals surface area (Å²) < 4.78 is 24.3. The summed E-state index contributed by atoms with van der Waals surface area (Å²) in [6, 6.07) is 10.9. The van der Waals surface area contributed by atoms with Gasteiger partial charge in [-0.25, -0.2) is 9.82 Å². The molecule has 0 aliphatic rings. The van der Waals surface area contributed by atoms with Crippen LogP contribution in [0.25, 0.3) is 0 Å². The third-order valence-corrected chi connectivity index (χ3v) is 3.34. The Labute approximate surface area is 147 Å². The van der Waals surface area contributed by atoms with Crippen LogP contribution in [0, 0.1) is 5.82 Å². The summed E-state index contributed by atoms with van der Waals surface area (Å²) in [7, 11) is 0. The zero-order valence-electron chi connectivity index (χ0n) is 13.0. The van der Waals surface area contributed by atoms with Crippen molar-refractivity contribution in [3.05, 3.63) is 58.3 Å². The number of rotatable bonds is 7. The number of ether oxygens (including phenoxy) is 2. The largest absolute Gasteiger partial charge is 0.493 e. The van der Waals surface area contributed by atoms with E-state index in [9.17, 15) is 9.18 Å². The third-order valence-electron chi connectivity index (χ3n) is 2.85. The van der Waals surface area contributed by atoms with Crippen LogP contribution in [0.15, 0.2) is 52.0 Å². The number of hydrogen-bond donors (Lipinski definition) is 1. The van der Waals surface area contributed by atoms with Gasteiger partial charge in [-0.15, -0.1) is 0 Å². The molecule has 0 spiro atoms. The molecule has 0 fully saturated rings. The molecule has 126 valence electrons. The van der Waals surface area contributed by atoms with Crippen LogP contribution in [0.1, 0.15) is 12.5 Å². The smallest absolute Gasteiger partial charge is 0.277 e. The van der Waals surface area contributed by atoms with Gasteiger partial charge in [-0.2, -0.15) is 5.10 Å². The van der Waals surface area contributed by atoms with Gasteiger partial charge in [0.2, 0.25) is 0 Å². The van der Waals surface area contributed by atoms with Crippen molar-refractivity contribution < 1.29 is 18.7 Å². The second kappa shape index (κ2) is 9.02. The third kappa shape index (κ3) is 5.66. The molecule has 2 aromatic carbocycles. The highest BCUT2D eigenvalue weighted by molar-refractivity contribution is 9.10. The van der Waals surface area contributed by atoms with Gasteiger partial charge in [0.15, 0.2) is 6.61 Å². The van der Waals surface area contributed by atoms with E-state index in [2.05, 4.69) is 26.5 Å². The number of hydrogen-bond acceptors (Lipinski definition) is 4. The first-order valence-corrected chi connectivity index (χ1v) is 8.00. The summed E-state index contributed by atoms with van der Waals surface area (Å²) in [5, 5.41) is 3.89. The number of nitrogens with zero attached hydrogens (tertiary/aromatic N) is 1. The lowest BCUT2D eigenvalue weighted by Crippen LogP contribution is -2.24. The lowest BCUT2D eigenvalue weighted by molar-refractivity contribution is -0.123. The maximum atomic E-state index is 12.8. The molecule has 2 aromatic rings. The normalized spacial score (nSPS) is 10.6. The van der Waals surface area contributed by atoms with Crippen molar-refractivity contribution in [2.75, 3.05) is 13.2 Å². The minimum atomic E-state index is -0.427. The van der Waals surface area contributed by atoms with Gasteiger partial charge >= 0.3 is 0 Å².